The predicted molar refractivity (Wildman–Crippen MR) is 81.4 cm³/mol. The Bertz CT molecular complexity index is 445. The van der Waals surface area contributed by atoms with Crippen molar-refractivity contribution in [1.82, 2.24) is 10.3 Å². The van der Waals surface area contributed by atoms with Crippen molar-refractivity contribution < 1.29 is 0 Å². The van der Waals surface area contributed by atoms with Crippen molar-refractivity contribution >= 4 is 22.7 Å². The Hall–Kier alpha value is -0.930. The molecule has 0 fully saturated rings. The highest BCUT2D eigenvalue weighted by Crippen LogP contribution is 2.23. The number of fused-ring (bicyclic) bond motifs is 1. The van der Waals surface area contributed by atoms with Crippen LogP contribution >= 0.6 is 11.8 Å². The lowest BCUT2D eigenvalue weighted by atomic mass is 10.2. The fraction of sp³-hybridized carbons (Fsp3) is 0.467. The quantitative estimate of drug-likeness (QED) is 0.737. The molecule has 3 heteroatoms. The van der Waals surface area contributed by atoms with Crippen LogP contribution in [0, 0.1) is 0 Å². The van der Waals surface area contributed by atoms with Crippen molar-refractivity contribution in [1.29, 1.82) is 0 Å². The van der Waals surface area contributed by atoms with E-state index in [2.05, 4.69) is 54.5 Å². The third-order valence-corrected chi connectivity index (χ3v) is 4.03. The number of aromatic amines is 1. The van der Waals surface area contributed by atoms with Crippen LogP contribution in [-0.4, -0.2) is 23.3 Å². The van der Waals surface area contributed by atoms with Crippen LogP contribution in [0.5, 0.6) is 0 Å². The molecule has 0 spiro atoms. The molecule has 1 aromatic heterocycles. The van der Waals surface area contributed by atoms with E-state index < -0.39 is 0 Å². The number of aromatic nitrogens is 1. The molecule has 2 nitrogen and oxygen atoms in total. The standard InChI is InChI=1S/C15H22N2S/c1-3-9-16-12(2)8-10-18-15-11-13-6-4-5-7-14(13)17-15/h4-7,11-12,16-17H,3,8-10H2,1-2H3. The number of H-pyrrole nitrogens is 1. The van der Waals surface area contributed by atoms with Gasteiger partial charge in [0.05, 0.1) is 5.03 Å². The van der Waals surface area contributed by atoms with Gasteiger partial charge in [-0.2, -0.15) is 0 Å². The first-order valence-corrected chi connectivity index (χ1v) is 7.72. The van der Waals surface area contributed by atoms with Crippen molar-refractivity contribution in [2.75, 3.05) is 12.3 Å². The highest BCUT2D eigenvalue weighted by atomic mass is 32.2. The smallest absolute Gasteiger partial charge is 0.0732 e. The molecule has 0 aliphatic carbocycles. The van der Waals surface area contributed by atoms with E-state index in [4.69, 9.17) is 0 Å². The molecule has 0 aliphatic rings. The molecule has 1 unspecified atom stereocenters. The van der Waals surface area contributed by atoms with Gasteiger partial charge in [0, 0.05) is 22.7 Å². The molecule has 18 heavy (non-hydrogen) atoms. The van der Waals surface area contributed by atoms with Crippen LogP contribution in [0.1, 0.15) is 26.7 Å². The van der Waals surface area contributed by atoms with Crippen LogP contribution in [0.2, 0.25) is 0 Å². The molecule has 2 aromatic rings. The van der Waals surface area contributed by atoms with Gasteiger partial charge in [-0.25, -0.2) is 0 Å². The minimum Gasteiger partial charge on any atom is -0.350 e. The second kappa shape index (κ2) is 6.86. The van der Waals surface area contributed by atoms with E-state index in [1.165, 1.54) is 28.8 Å². The van der Waals surface area contributed by atoms with Gasteiger partial charge < -0.3 is 10.3 Å². The monoisotopic (exact) mass is 262 g/mol. The lowest BCUT2D eigenvalue weighted by molar-refractivity contribution is 0.536. The van der Waals surface area contributed by atoms with E-state index in [0.717, 1.165) is 12.3 Å². The number of hydrogen-bond donors (Lipinski definition) is 2. The maximum atomic E-state index is 3.52. The molecular weight excluding hydrogens is 240 g/mol. The van der Waals surface area contributed by atoms with Crippen molar-refractivity contribution in [2.45, 2.75) is 37.8 Å². The van der Waals surface area contributed by atoms with Crippen LogP contribution in [0.4, 0.5) is 0 Å². The molecule has 2 N–H and O–H groups in total. The Kier molecular flexibility index (Phi) is 5.14. The van der Waals surface area contributed by atoms with Crippen molar-refractivity contribution in [2.24, 2.45) is 0 Å². The molecule has 1 aromatic carbocycles. The minimum atomic E-state index is 0.613. The maximum absolute atomic E-state index is 3.52. The van der Waals surface area contributed by atoms with Gasteiger partial charge in [-0.1, -0.05) is 25.1 Å². The summed E-state index contributed by atoms with van der Waals surface area (Å²) in [6, 6.07) is 11.3. The first-order valence-electron chi connectivity index (χ1n) is 6.73. The molecule has 1 heterocycles. The van der Waals surface area contributed by atoms with Gasteiger partial charge >= 0.3 is 0 Å². The van der Waals surface area contributed by atoms with Crippen LogP contribution in [0.25, 0.3) is 10.9 Å². The van der Waals surface area contributed by atoms with E-state index >= 15 is 0 Å². The zero-order chi connectivity index (χ0) is 12.8. The van der Waals surface area contributed by atoms with E-state index in [-0.39, 0.29) is 0 Å². The Morgan fingerprint density at radius 3 is 2.94 bits per heavy atom. The van der Waals surface area contributed by atoms with Crippen molar-refractivity contribution in [3.05, 3.63) is 30.3 Å². The van der Waals surface area contributed by atoms with Crippen molar-refractivity contribution in [3.63, 3.8) is 0 Å². The van der Waals surface area contributed by atoms with E-state index in [9.17, 15) is 0 Å². The Morgan fingerprint density at radius 1 is 1.33 bits per heavy atom. The number of thioether (sulfide) groups is 1. The summed E-state index contributed by atoms with van der Waals surface area (Å²) in [5, 5.41) is 6.10. The zero-order valence-electron chi connectivity index (χ0n) is 11.2. The first kappa shape index (κ1) is 13.5. The average Bonchev–Trinajstić information content (AvgIpc) is 2.79. The Morgan fingerprint density at radius 2 is 2.17 bits per heavy atom. The molecule has 0 bridgehead atoms. The van der Waals surface area contributed by atoms with Gasteiger partial charge in [0.2, 0.25) is 0 Å². The van der Waals surface area contributed by atoms with E-state index in [0.29, 0.717) is 6.04 Å². The summed E-state index contributed by atoms with van der Waals surface area (Å²) in [6.45, 7) is 5.60. The van der Waals surface area contributed by atoms with Crippen LogP contribution in [-0.2, 0) is 0 Å². The van der Waals surface area contributed by atoms with Crippen LogP contribution in [0.15, 0.2) is 35.4 Å². The fourth-order valence-electron chi connectivity index (χ4n) is 1.96. The van der Waals surface area contributed by atoms with Crippen molar-refractivity contribution in [3.8, 4) is 0 Å². The highest BCUT2D eigenvalue weighted by molar-refractivity contribution is 7.99. The molecular formula is C15H22N2S. The van der Waals surface area contributed by atoms with Gasteiger partial charge in [-0.3, -0.25) is 0 Å². The SMILES string of the molecule is CCCNC(C)CCSc1cc2ccccc2[nH]1. The largest absolute Gasteiger partial charge is 0.350 e. The molecule has 0 aliphatic heterocycles. The van der Waals surface area contributed by atoms with E-state index in [1.807, 2.05) is 11.8 Å². The van der Waals surface area contributed by atoms with Gasteiger partial charge in [0.15, 0.2) is 0 Å². The van der Waals surface area contributed by atoms with Gasteiger partial charge in [-0.15, -0.1) is 11.8 Å². The first-order chi connectivity index (χ1) is 8.79. The maximum Gasteiger partial charge on any atom is 0.0732 e. The summed E-state index contributed by atoms with van der Waals surface area (Å²) in [4.78, 5) is 3.46. The highest BCUT2D eigenvalue weighted by Gasteiger charge is 2.03. The summed E-state index contributed by atoms with van der Waals surface area (Å²) in [5.41, 5.74) is 1.23. The normalized spacial score (nSPS) is 13.0. The molecule has 0 saturated heterocycles. The predicted octanol–water partition coefficient (Wildman–Crippen LogP) is 4.04. The average molecular weight is 262 g/mol. The van der Waals surface area contributed by atoms with E-state index in [1.54, 1.807) is 0 Å². The van der Waals surface area contributed by atoms with Gasteiger partial charge in [0.25, 0.3) is 0 Å². The van der Waals surface area contributed by atoms with Crippen LogP contribution < -0.4 is 5.32 Å². The Labute approximate surface area is 114 Å². The summed E-state index contributed by atoms with van der Waals surface area (Å²) in [6.07, 6.45) is 2.42. The topological polar surface area (TPSA) is 27.8 Å². The molecule has 0 radical (unpaired) electrons. The lowest BCUT2D eigenvalue weighted by Gasteiger charge is -2.11. The van der Waals surface area contributed by atoms with Gasteiger partial charge in [-0.05, 0) is 38.4 Å². The lowest BCUT2D eigenvalue weighted by Crippen LogP contribution is -2.27. The second-order valence-corrected chi connectivity index (χ2v) is 5.85. The number of rotatable bonds is 7. The fourth-order valence-corrected chi connectivity index (χ4v) is 3.05. The second-order valence-electron chi connectivity index (χ2n) is 4.71. The number of nitrogens with one attached hydrogen (secondary N) is 2. The molecule has 1 atom stereocenters. The number of para-hydroxylation sites is 1. The molecule has 2 rings (SSSR count). The molecule has 0 saturated carbocycles. The summed E-state index contributed by atoms with van der Waals surface area (Å²) < 4.78 is 0. The summed E-state index contributed by atoms with van der Waals surface area (Å²) in [5.74, 6) is 1.16. The third kappa shape index (κ3) is 3.79. The summed E-state index contributed by atoms with van der Waals surface area (Å²) >= 11 is 1.91. The number of benzene rings is 1. The summed E-state index contributed by atoms with van der Waals surface area (Å²) in [7, 11) is 0. The molecule has 98 valence electrons. The minimum absolute atomic E-state index is 0.613. The molecule has 0 amide bonds. The number of hydrogen-bond acceptors (Lipinski definition) is 2. The zero-order valence-corrected chi connectivity index (χ0v) is 12.0. The third-order valence-electron chi connectivity index (χ3n) is 3.06. The van der Waals surface area contributed by atoms with Gasteiger partial charge in [0.1, 0.15) is 0 Å². The Balaban J connectivity index is 1.79. The van der Waals surface area contributed by atoms with Crippen LogP contribution in [0.3, 0.4) is 0 Å².